The van der Waals surface area contributed by atoms with Crippen molar-refractivity contribution in [1.29, 1.82) is 0 Å². The summed E-state index contributed by atoms with van der Waals surface area (Å²) in [7, 11) is 0. The normalized spacial score (nSPS) is 18.1. The first kappa shape index (κ1) is 24.7. The molecule has 0 unspecified atom stereocenters. The summed E-state index contributed by atoms with van der Waals surface area (Å²) < 4.78 is 11.3. The minimum Gasteiger partial charge on any atom is -0.494 e. The molecule has 2 fully saturated rings. The van der Waals surface area contributed by atoms with Crippen LogP contribution in [-0.2, 0) is 19.7 Å². The number of benzene rings is 1. The molecule has 0 atom stereocenters. The second-order valence-electron chi connectivity index (χ2n) is 7.29. The molecule has 2 aliphatic heterocycles. The van der Waals surface area contributed by atoms with Gasteiger partial charge >= 0.3 is 0 Å². The van der Waals surface area contributed by atoms with Crippen LogP contribution in [0.25, 0.3) is 0 Å². The van der Waals surface area contributed by atoms with Gasteiger partial charge in [0.1, 0.15) is 5.75 Å². The Kier molecular flexibility index (Phi) is 11.3. The zero-order valence-corrected chi connectivity index (χ0v) is 18.7. The molecule has 9 heteroatoms. The number of nitrogens with zero attached hydrogens (tertiary/aromatic N) is 1. The molecule has 2 aliphatic rings. The second kappa shape index (κ2) is 13.7. The number of rotatable bonds is 9. The molecule has 2 saturated heterocycles. The Morgan fingerprint density at radius 3 is 2.40 bits per heavy atom. The van der Waals surface area contributed by atoms with E-state index in [0.717, 1.165) is 24.3 Å². The molecular weight excluding hydrogens is 429 g/mol. The smallest absolute Gasteiger partial charge is 0.249 e. The van der Waals surface area contributed by atoms with Crippen LogP contribution in [0, 0.1) is 0 Å². The van der Waals surface area contributed by atoms with Crippen LogP contribution in [0.5, 0.6) is 5.75 Å². The van der Waals surface area contributed by atoms with Crippen molar-refractivity contribution < 1.29 is 19.1 Å². The number of nitrogens with one attached hydrogen (secondary N) is 2. The van der Waals surface area contributed by atoms with Crippen molar-refractivity contribution in [3.05, 3.63) is 29.8 Å². The van der Waals surface area contributed by atoms with Crippen LogP contribution in [0.15, 0.2) is 24.3 Å². The number of carbonyl (C=O) groups excluding carboxylic acids is 2. The van der Waals surface area contributed by atoms with Gasteiger partial charge in [-0.15, -0.1) is 23.2 Å². The highest BCUT2D eigenvalue weighted by atomic mass is 35.5. The lowest BCUT2D eigenvalue weighted by atomic mass is 9.73. The van der Waals surface area contributed by atoms with Gasteiger partial charge in [-0.3, -0.25) is 20.4 Å². The van der Waals surface area contributed by atoms with E-state index >= 15 is 0 Å². The number of carbonyl (C=O) groups is 2. The Hall–Kier alpha value is -1.54. The van der Waals surface area contributed by atoms with Crippen LogP contribution < -0.4 is 15.6 Å². The van der Waals surface area contributed by atoms with Crippen LogP contribution in [0.1, 0.15) is 37.7 Å². The Morgan fingerprint density at radius 2 is 1.80 bits per heavy atom. The molecular formula is C21H31Cl2N3O4. The minimum absolute atomic E-state index is 0.194. The number of halogens is 2. The molecule has 2 amide bonds. The average Bonchev–Trinajstić information content (AvgIpc) is 3.30. The van der Waals surface area contributed by atoms with Gasteiger partial charge in [0.25, 0.3) is 0 Å². The van der Waals surface area contributed by atoms with Crippen molar-refractivity contribution in [1.82, 2.24) is 15.8 Å². The van der Waals surface area contributed by atoms with Crippen LogP contribution in [-0.4, -0.2) is 62.0 Å². The molecule has 0 bridgehead atoms. The molecule has 30 heavy (non-hydrogen) atoms. The number of alkyl halides is 2. The highest BCUT2D eigenvalue weighted by molar-refractivity contribution is 6.40. The van der Waals surface area contributed by atoms with Gasteiger partial charge in [-0.1, -0.05) is 12.1 Å². The first-order chi connectivity index (χ1) is 14.7. The number of amides is 2. The summed E-state index contributed by atoms with van der Waals surface area (Å²) >= 11 is 9.53. The van der Waals surface area contributed by atoms with E-state index in [2.05, 4.69) is 15.8 Å². The van der Waals surface area contributed by atoms with Crippen molar-refractivity contribution in [2.24, 2.45) is 0 Å². The Morgan fingerprint density at radius 1 is 1.17 bits per heavy atom. The standard InChI is InChI=1S/C20H29N3O4.CH2Cl2/c24-16-21-22-19(25)20(8-14-26-15-9-20)17-4-6-18(7-5-17)27-13-3-12-23-10-1-2-11-23;2-1-3/h4-7,16H,1-3,8-15H2,(H,21,24)(H,22,25);1H2. The van der Waals surface area contributed by atoms with E-state index in [1.54, 1.807) is 0 Å². The SMILES string of the molecule is ClCCl.O=CNNC(=O)C1(c2ccc(OCCCN3CCCC3)cc2)CCOCC1. The maximum Gasteiger partial charge on any atom is 0.249 e. The summed E-state index contributed by atoms with van der Waals surface area (Å²) in [6, 6.07) is 7.73. The minimum atomic E-state index is -0.692. The summed E-state index contributed by atoms with van der Waals surface area (Å²) in [6.45, 7) is 5.24. The van der Waals surface area contributed by atoms with Crippen LogP contribution >= 0.6 is 23.2 Å². The van der Waals surface area contributed by atoms with Crippen molar-refractivity contribution in [2.45, 2.75) is 37.5 Å². The quantitative estimate of drug-likeness (QED) is 0.257. The molecule has 7 nitrogen and oxygen atoms in total. The van der Waals surface area contributed by atoms with E-state index in [0.29, 0.717) is 39.1 Å². The second-order valence-corrected chi connectivity index (χ2v) is 8.10. The first-order valence-corrected chi connectivity index (χ1v) is 11.4. The predicted molar refractivity (Wildman–Crippen MR) is 118 cm³/mol. The van der Waals surface area contributed by atoms with E-state index in [4.69, 9.17) is 32.7 Å². The summed E-state index contributed by atoms with van der Waals surface area (Å²) in [5, 5.41) is 0.194. The maximum absolute atomic E-state index is 12.7. The van der Waals surface area contributed by atoms with Gasteiger partial charge in [-0.2, -0.15) is 0 Å². The Bertz CT molecular complexity index is 634. The fraction of sp³-hybridized carbons (Fsp3) is 0.619. The topological polar surface area (TPSA) is 79.9 Å². The van der Waals surface area contributed by atoms with E-state index in [1.807, 2.05) is 24.3 Å². The van der Waals surface area contributed by atoms with Gasteiger partial charge in [0.2, 0.25) is 12.3 Å². The molecule has 2 heterocycles. The van der Waals surface area contributed by atoms with Gasteiger partial charge in [0.05, 0.1) is 17.4 Å². The predicted octanol–water partition coefficient (Wildman–Crippen LogP) is 2.80. The Labute approximate surface area is 188 Å². The third-order valence-corrected chi connectivity index (χ3v) is 5.52. The van der Waals surface area contributed by atoms with Crippen molar-refractivity contribution >= 4 is 35.5 Å². The van der Waals surface area contributed by atoms with E-state index in [-0.39, 0.29) is 11.2 Å². The average molecular weight is 460 g/mol. The van der Waals surface area contributed by atoms with Crippen molar-refractivity contribution in [2.75, 3.05) is 44.8 Å². The fourth-order valence-electron chi connectivity index (χ4n) is 3.94. The van der Waals surface area contributed by atoms with E-state index < -0.39 is 5.41 Å². The van der Waals surface area contributed by atoms with Gasteiger partial charge in [0, 0.05) is 19.8 Å². The number of hydrazine groups is 1. The zero-order valence-electron chi connectivity index (χ0n) is 17.2. The highest BCUT2D eigenvalue weighted by Gasteiger charge is 2.41. The van der Waals surface area contributed by atoms with Crippen LogP contribution in [0.4, 0.5) is 0 Å². The summed E-state index contributed by atoms with van der Waals surface area (Å²) in [4.78, 5) is 25.7. The molecule has 1 aromatic carbocycles. The lowest BCUT2D eigenvalue weighted by molar-refractivity contribution is -0.133. The highest BCUT2D eigenvalue weighted by Crippen LogP contribution is 2.35. The number of likely N-dealkylation sites (tertiary alicyclic amines) is 1. The number of hydrogen-bond acceptors (Lipinski definition) is 5. The summed E-state index contributed by atoms with van der Waals surface area (Å²) in [5.41, 5.74) is 4.96. The summed E-state index contributed by atoms with van der Waals surface area (Å²) in [6.07, 6.45) is 5.26. The van der Waals surface area contributed by atoms with Crippen molar-refractivity contribution in [3.8, 4) is 5.75 Å². The molecule has 2 N–H and O–H groups in total. The summed E-state index contributed by atoms with van der Waals surface area (Å²) in [5.74, 6) is 0.603. The molecule has 3 rings (SSSR count). The van der Waals surface area contributed by atoms with E-state index in [9.17, 15) is 9.59 Å². The first-order valence-electron chi connectivity index (χ1n) is 10.3. The van der Waals surface area contributed by atoms with Gasteiger partial charge in [0.15, 0.2) is 0 Å². The van der Waals surface area contributed by atoms with Gasteiger partial charge in [-0.05, 0) is 62.9 Å². The largest absolute Gasteiger partial charge is 0.494 e. The molecule has 0 aromatic heterocycles. The zero-order chi connectivity index (χ0) is 21.7. The number of hydrogen-bond donors (Lipinski definition) is 2. The van der Waals surface area contributed by atoms with Gasteiger partial charge < -0.3 is 14.4 Å². The van der Waals surface area contributed by atoms with Crippen LogP contribution in [0.3, 0.4) is 0 Å². The molecule has 0 saturated carbocycles. The third-order valence-electron chi connectivity index (χ3n) is 5.52. The third kappa shape index (κ3) is 7.30. The molecule has 0 spiro atoms. The maximum atomic E-state index is 12.7. The Balaban J connectivity index is 0.00000101. The van der Waals surface area contributed by atoms with E-state index in [1.165, 1.54) is 25.9 Å². The molecule has 1 aromatic rings. The van der Waals surface area contributed by atoms with Crippen molar-refractivity contribution in [3.63, 3.8) is 0 Å². The fourth-order valence-corrected chi connectivity index (χ4v) is 3.94. The molecule has 0 radical (unpaired) electrons. The van der Waals surface area contributed by atoms with Crippen LogP contribution in [0.2, 0.25) is 0 Å². The van der Waals surface area contributed by atoms with Gasteiger partial charge in [-0.25, -0.2) is 0 Å². The lowest BCUT2D eigenvalue weighted by Crippen LogP contribution is -2.51. The molecule has 168 valence electrons. The monoisotopic (exact) mass is 459 g/mol. The number of ether oxygens (including phenoxy) is 2. The molecule has 0 aliphatic carbocycles. The lowest BCUT2D eigenvalue weighted by Gasteiger charge is -2.36.